The van der Waals surface area contributed by atoms with E-state index >= 15 is 0 Å². The summed E-state index contributed by atoms with van der Waals surface area (Å²) in [6.45, 7) is 5.66. The van der Waals surface area contributed by atoms with Gasteiger partial charge in [-0.25, -0.2) is 0 Å². The molecule has 5 heteroatoms. The van der Waals surface area contributed by atoms with E-state index in [1.165, 1.54) is 38.9 Å². The van der Waals surface area contributed by atoms with Crippen molar-refractivity contribution in [3.63, 3.8) is 0 Å². The van der Waals surface area contributed by atoms with Crippen LogP contribution in [0.15, 0.2) is 24.5 Å². The lowest BCUT2D eigenvalue weighted by Crippen LogP contribution is -2.60. The maximum absolute atomic E-state index is 6.07. The van der Waals surface area contributed by atoms with Gasteiger partial charge in [0.15, 0.2) is 0 Å². The van der Waals surface area contributed by atoms with E-state index in [9.17, 15) is 0 Å². The molecule has 4 nitrogen and oxygen atoms in total. The summed E-state index contributed by atoms with van der Waals surface area (Å²) in [6.07, 6.45) is 7.61. The van der Waals surface area contributed by atoms with Crippen molar-refractivity contribution in [2.75, 3.05) is 38.6 Å². The van der Waals surface area contributed by atoms with Crippen LogP contribution in [0.5, 0.6) is 5.75 Å². The molecule has 22 heavy (non-hydrogen) atoms. The van der Waals surface area contributed by atoms with Crippen molar-refractivity contribution in [2.24, 2.45) is 5.92 Å². The smallest absolute Gasteiger partial charge is 0.138 e. The summed E-state index contributed by atoms with van der Waals surface area (Å²) in [7, 11) is 0. The van der Waals surface area contributed by atoms with Crippen LogP contribution in [0.1, 0.15) is 19.3 Å². The third-order valence-electron chi connectivity index (χ3n) is 4.99. The maximum atomic E-state index is 6.07. The minimum Gasteiger partial charge on any atom is -0.488 e. The molecule has 0 aromatic carbocycles. The second-order valence-corrected chi connectivity index (χ2v) is 8.34. The van der Waals surface area contributed by atoms with Crippen molar-refractivity contribution < 1.29 is 9.47 Å². The summed E-state index contributed by atoms with van der Waals surface area (Å²) in [6, 6.07) is 3.94. The highest BCUT2D eigenvalue weighted by atomic mass is 32.2. The van der Waals surface area contributed by atoms with E-state index in [0.717, 1.165) is 30.6 Å². The molecule has 3 aliphatic heterocycles. The predicted molar refractivity (Wildman–Crippen MR) is 88.4 cm³/mol. The average Bonchev–Trinajstić information content (AvgIpc) is 2.93. The first-order valence-electron chi connectivity index (χ1n) is 8.32. The average molecular weight is 320 g/mol. The summed E-state index contributed by atoms with van der Waals surface area (Å²) < 4.78 is 12.0. The Morgan fingerprint density at radius 1 is 1.36 bits per heavy atom. The molecule has 3 saturated heterocycles. The van der Waals surface area contributed by atoms with E-state index in [1.54, 1.807) is 6.20 Å². The molecular formula is C17H24N2O2S. The largest absolute Gasteiger partial charge is 0.488 e. The SMILES string of the molecule is c1cncc(O[C@H]2CSC3(C2)CN(CC2CCOCC2)C3)c1. The van der Waals surface area contributed by atoms with Gasteiger partial charge in [0.1, 0.15) is 11.9 Å². The first kappa shape index (κ1) is 14.8. The molecule has 1 aromatic heterocycles. The lowest BCUT2D eigenvalue weighted by molar-refractivity contribution is 0.0285. The number of ether oxygens (including phenoxy) is 2. The van der Waals surface area contributed by atoms with Gasteiger partial charge in [0, 0.05) is 56.0 Å². The Labute approximate surface area is 136 Å². The highest BCUT2D eigenvalue weighted by Crippen LogP contribution is 2.46. The van der Waals surface area contributed by atoms with E-state index in [-0.39, 0.29) is 0 Å². The molecule has 1 aromatic rings. The number of rotatable bonds is 4. The van der Waals surface area contributed by atoms with Gasteiger partial charge in [-0.05, 0) is 30.9 Å². The Morgan fingerprint density at radius 3 is 3.00 bits per heavy atom. The Morgan fingerprint density at radius 2 is 2.23 bits per heavy atom. The molecule has 120 valence electrons. The van der Waals surface area contributed by atoms with Gasteiger partial charge in [-0.2, -0.15) is 0 Å². The monoisotopic (exact) mass is 320 g/mol. The number of likely N-dealkylation sites (tertiary alicyclic amines) is 1. The fourth-order valence-corrected chi connectivity index (χ4v) is 5.48. The van der Waals surface area contributed by atoms with Crippen LogP contribution in [-0.4, -0.2) is 59.3 Å². The first-order chi connectivity index (χ1) is 10.8. The Bertz CT molecular complexity index is 487. The van der Waals surface area contributed by atoms with Crippen LogP contribution in [0.4, 0.5) is 0 Å². The van der Waals surface area contributed by atoms with Gasteiger partial charge in [-0.15, -0.1) is 11.8 Å². The van der Waals surface area contributed by atoms with E-state index < -0.39 is 0 Å². The minimum atomic E-state index is 0.347. The van der Waals surface area contributed by atoms with Crippen molar-refractivity contribution in [1.29, 1.82) is 0 Å². The fourth-order valence-electron chi connectivity index (χ4n) is 3.90. The lowest BCUT2D eigenvalue weighted by atomic mass is 9.90. The topological polar surface area (TPSA) is 34.6 Å². The molecular weight excluding hydrogens is 296 g/mol. The predicted octanol–water partition coefficient (Wildman–Crippen LogP) is 2.45. The molecule has 0 radical (unpaired) electrons. The molecule has 0 saturated carbocycles. The summed E-state index contributed by atoms with van der Waals surface area (Å²) in [5, 5.41) is 0. The molecule has 0 N–H and O–H groups in total. The van der Waals surface area contributed by atoms with Gasteiger partial charge < -0.3 is 14.4 Å². The lowest BCUT2D eigenvalue weighted by Gasteiger charge is -2.49. The Kier molecular flexibility index (Phi) is 4.29. The number of aromatic nitrogens is 1. The van der Waals surface area contributed by atoms with E-state index in [0.29, 0.717) is 10.9 Å². The number of hydrogen-bond donors (Lipinski definition) is 0. The molecule has 4 rings (SSSR count). The van der Waals surface area contributed by atoms with E-state index in [4.69, 9.17) is 9.47 Å². The molecule has 1 atom stereocenters. The van der Waals surface area contributed by atoms with Crippen molar-refractivity contribution in [3.05, 3.63) is 24.5 Å². The molecule has 0 bridgehead atoms. The summed E-state index contributed by atoms with van der Waals surface area (Å²) in [5.74, 6) is 2.86. The normalized spacial score (nSPS) is 28.6. The Hall–Kier alpha value is -0.780. The van der Waals surface area contributed by atoms with Crippen molar-refractivity contribution >= 4 is 11.8 Å². The van der Waals surface area contributed by atoms with Crippen LogP contribution in [0.3, 0.4) is 0 Å². The van der Waals surface area contributed by atoms with Gasteiger partial charge in [-0.1, -0.05) is 0 Å². The molecule has 0 aliphatic carbocycles. The Balaban J connectivity index is 1.24. The van der Waals surface area contributed by atoms with Crippen molar-refractivity contribution in [3.8, 4) is 5.75 Å². The second kappa shape index (κ2) is 6.38. The van der Waals surface area contributed by atoms with Crippen LogP contribution >= 0.6 is 11.8 Å². The van der Waals surface area contributed by atoms with Crippen LogP contribution in [0.2, 0.25) is 0 Å². The van der Waals surface area contributed by atoms with Crippen molar-refractivity contribution in [2.45, 2.75) is 30.1 Å². The third-order valence-corrected chi connectivity index (χ3v) is 6.57. The third kappa shape index (κ3) is 3.26. The van der Waals surface area contributed by atoms with Gasteiger partial charge in [-0.3, -0.25) is 4.98 Å². The zero-order chi connectivity index (χ0) is 14.8. The van der Waals surface area contributed by atoms with E-state index in [2.05, 4.69) is 21.6 Å². The van der Waals surface area contributed by atoms with Crippen LogP contribution < -0.4 is 4.74 Å². The maximum Gasteiger partial charge on any atom is 0.138 e. The zero-order valence-corrected chi connectivity index (χ0v) is 13.8. The zero-order valence-electron chi connectivity index (χ0n) is 12.9. The van der Waals surface area contributed by atoms with Gasteiger partial charge >= 0.3 is 0 Å². The number of pyridine rings is 1. The molecule has 0 unspecified atom stereocenters. The highest BCUT2D eigenvalue weighted by molar-refractivity contribution is 8.01. The molecule has 3 fully saturated rings. The van der Waals surface area contributed by atoms with Crippen LogP contribution in [0, 0.1) is 5.92 Å². The number of nitrogens with zero attached hydrogens (tertiary/aromatic N) is 2. The fraction of sp³-hybridized carbons (Fsp3) is 0.706. The summed E-state index contributed by atoms with van der Waals surface area (Å²) in [5.41, 5.74) is 0. The first-order valence-corrected chi connectivity index (χ1v) is 9.31. The van der Waals surface area contributed by atoms with Crippen LogP contribution in [-0.2, 0) is 4.74 Å². The molecule has 0 amide bonds. The van der Waals surface area contributed by atoms with Crippen LogP contribution in [0.25, 0.3) is 0 Å². The van der Waals surface area contributed by atoms with Crippen molar-refractivity contribution in [1.82, 2.24) is 9.88 Å². The van der Waals surface area contributed by atoms with E-state index in [1.807, 2.05) is 18.3 Å². The summed E-state index contributed by atoms with van der Waals surface area (Å²) in [4.78, 5) is 6.76. The molecule has 3 aliphatic rings. The quantitative estimate of drug-likeness (QED) is 0.851. The molecule has 1 spiro atoms. The molecule has 4 heterocycles. The van der Waals surface area contributed by atoms with Gasteiger partial charge in [0.2, 0.25) is 0 Å². The number of thioether (sulfide) groups is 1. The van der Waals surface area contributed by atoms with Gasteiger partial charge in [0.25, 0.3) is 0 Å². The minimum absolute atomic E-state index is 0.347. The standard InChI is InChI=1S/C17H24N2O2S/c1-2-15(9-18-5-1)21-16-8-17(22-11-16)12-19(13-17)10-14-3-6-20-7-4-14/h1-2,5,9,14,16H,3-4,6-8,10-13H2/t16-/m1/s1. The second-order valence-electron chi connectivity index (χ2n) is 6.85. The number of hydrogen-bond acceptors (Lipinski definition) is 5. The summed E-state index contributed by atoms with van der Waals surface area (Å²) >= 11 is 2.11. The van der Waals surface area contributed by atoms with Gasteiger partial charge in [0.05, 0.1) is 6.20 Å². The highest BCUT2D eigenvalue weighted by Gasteiger charge is 2.49.